The van der Waals surface area contributed by atoms with Gasteiger partial charge >= 0.3 is 0 Å². The van der Waals surface area contributed by atoms with E-state index < -0.39 is 0 Å². The molecule has 0 bridgehead atoms. The van der Waals surface area contributed by atoms with Gasteiger partial charge in [-0.15, -0.1) is 35.3 Å². The van der Waals surface area contributed by atoms with Crippen LogP contribution in [0.4, 0.5) is 5.69 Å². The number of ether oxygens (including phenoxy) is 1. The van der Waals surface area contributed by atoms with Crippen LogP contribution < -0.4 is 11.1 Å². The molecule has 0 spiro atoms. The molecule has 1 aromatic carbocycles. The number of rotatable bonds is 5. The van der Waals surface area contributed by atoms with Gasteiger partial charge in [0.15, 0.2) is 5.96 Å². The molecule has 1 heterocycles. The second-order valence-corrected chi connectivity index (χ2v) is 6.92. The van der Waals surface area contributed by atoms with Gasteiger partial charge in [0.1, 0.15) is 11.1 Å². The van der Waals surface area contributed by atoms with Crippen molar-refractivity contribution in [1.82, 2.24) is 4.98 Å². The Morgan fingerprint density at radius 1 is 1.40 bits per heavy atom. The number of anilines is 1. The van der Waals surface area contributed by atoms with E-state index in [1.165, 1.54) is 24.0 Å². The van der Waals surface area contributed by atoms with E-state index in [1.54, 1.807) is 18.4 Å². The molecule has 0 radical (unpaired) electrons. The lowest BCUT2D eigenvalue weighted by Gasteiger charge is -2.19. The molecule has 0 fully saturated rings. The summed E-state index contributed by atoms with van der Waals surface area (Å²) < 4.78 is 5.28. The van der Waals surface area contributed by atoms with Crippen LogP contribution in [0.5, 0.6) is 0 Å². The summed E-state index contributed by atoms with van der Waals surface area (Å²) in [6.45, 7) is 2.46. The van der Waals surface area contributed by atoms with E-state index in [9.17, 15) is 0 Å². The number of hydrogen-bond donors (Lipinski definition) is 2. The van der Waals surface area contributed by atoms with Crippen molar-refractivity contribution in [3.63, 3.8) is 0 Å². The van der Waals surface area contributed by atoms with Crippen LogP contribution in [0, 0.1) is 0 Å². The monoisotopic (exact) mass is 472 g/mol. The molecule has 1 aliphatic rings. The maximum absolute atomic E-state index is 6.07. The molecular formula is C18H25IN4OS. The summed E-state index contributed by atoms with van der Waals surface area (Å²) >= 11 is 1.59. The topological polar surface area (TPSA) is 72.5 Å². The van der Waals surface area contributed by atoms with Crippen molar-refractivity contribution < 1.29 is 4.74 Å². The van der Waals surface area contributed by atoms with Crippen LogP contribution in [0.15, 0.2) is 28.6 Å². The molecular weight excluding hydrogens is 447 g/mol. The molecule has 136 valence electrons. The number of nitrogens with zero attached hydrogens (tertiary/aromatic N) is 2. The third kappa shape index (κ3) is 5.15. The predicted molar refractivity (Wildman–Crippen MR) is 115 cm³/mol. The minimum atomic E-state index is 0. The van der Waals surface area contributed by atoms with Crippen LogP contribution in [0.2, 0.25) is 0 Å². The van der Waals surface area contributed by atoms with E-state index in [2.05, 4.69) is 33.5 Å². The molecule has 0 amide bonds. The fraction of sp³-hybridized carbons (Fsp3) is 0.444. The Hall–Kier alpha value is -1.19. The highest BCUT2D eigenvalue weighted by Crippen LogP contribution is 2.27. The second kappa shape index (κ2) is 9.49. The Bertz CT molecular complexity index is 732. The molecule has 7 heteroatoms. The molecule has 0 saturated heterocycles. The van der Waals surface area contributed by atoms with Gasteiger partial charge in [0.05, 0.1) is 12.2 Å². The van der Waals surface area contributed by atoms with Crippen molar-refractivity contribution in [2.24, 2.45) is 10.7 Å². The van der Waals surface area contributed by atoms with Gasteiger partial charge in [-0.05, 0) is 49.8 Å². The number of guanidine groups is 1. The molecule has 5 nitrogen and oxygen atoms in total. The fourth-order valence-electron chi connectivity index (χ4n) is 2.92. The second-order valence-electron chi connectivity index (χ2n) is 6.03. The maximum Gasteiger partial charge on any atom is 0.193 e. The first kappa shape index (κ1) is 20.1. The van der Waals surface area contributed by atoms with Crippen LogP contribution >= 0.6 is 35.3 Å². The summed E-state index contributed by atoms with van der Waals surface area (Å²) in [7, 11) is 1.69. The molecule has 0 saturated carbocycles. The maximum atomic E-state index is 6.07. The van der Waals surface area contributed by atoms with Crippen molar-refractivity contribution in [2.45, 2.75) is 45.3 Å². The molecule has 1 unspecified atom stereocenters. The van der Waals surface area contributed by atoms with Crippen LogP contribution in [-0.4, -0.2) is 18.1 Å². The van der Waals surface area contributed by atoms with E-state index in [-0.39, 0.29) is 30.1 Å². The normalized spacial score (nSPS) is 15.2. The zero-order valence-electron chi connectivity index (χ0n) is 14.6. The van der Waals surface area contributed by atoms with Crippen LogP contribution in [-0.2, 0) is 24.1 Å². The molecule has 0 aliphatic heterocycles. The number of hydrogen-bond acceptors (Lipinski definition) is 4. The smallest absolute Gasteiger partial charge is 0.193 e. The van der Waals surface area contributed by atoms with Crippen LogP contribution in [0.25, 0.3) is 0 Å². The summed E-state index contributed by atoms with van der Waals surface area (Å²) in [4.78, 5) is 8.96. The lowest BCUT2D eigenvalue weighted by Crippen LogP contribution is -2.24. The molecule has 1 aromatic heterocycles. The highest BCUT2D eigenvalue weighted by atomic mass is 127. The molecule has 1 aliphatic carbocycles. The van der Waals surface area contributed by atoms with E-state index >= 15 is 0 Å². The zero-order valence-corrected chi connectivity index (χ0v) is 17.8. The molecule has 3 N–H and O–H groups in total. The number of aryl methyl sites for hydroxylation is 1. The number of methoxy groups -OCH3 is 1. The van der Waals surface area contributed by atoms with Crippen molar-refractivity contribution in [3.05, 3.63) is 45.4 Å². The summed E-state index contributed by atoms with van der Waals surface area (Å²) in [5, 5.41) is 6.23. The predicted octanol–water partition coefficient (Wildman–Crippen LogP) is 4.27. The van der Waals surface area contributed by atoms with Gasteiger partial charge in [0.2, 0.25) is 0 Å². The van der Waals surface area contributed by atoms with Gasteiger partial charge in [-0.2, -0.15) is 0 Å². The Morgan fingerprint density at radius 2 is 2.20 bits per heavy atom. The fourth-order valence-corrected chi connectivity index (χ4v) is 3.77. The van der Waals surface area contributed by atoms with E-state index in [0.29, 0.717) is 12.5 Å². The molecule has 2 aromatic rings. The largest absolute Gasteiger partial charge is 0.375 e. The lowest BCUT2D eigenvalue weighted by atomic mass is 9.90. The minimum Gasteiger partial charge on any atom is -0.375 e. The van der Waals surface area contributed by atoms with Gasteiger partial charge in [-0.1, -0.05) is 12.1 Å². The Balaban J connectivity index is 0.00000225. The minimum absolute atomic E-state index is 0. The number of aromatic nitrogens is 1. The highest BCUT2D eigenvalue weighted by molar-refractivity contribution is 14.0. The average Bonchev–Trinajstić information content (AvgIpc) is 3.09. The van der Waals surface area contributed by atoms with Gasteiger partial charge in [-0.25, -0.2) is 9.98 Å². The van der Waals surface area contributed by atoms with E-state index in [1.807, 2.05) is 12.3 Å². The van der Waals surface area contributed by atoms with Crippen LogP contribution in [0.3, 0.4) is 0 Å². The standard InChI is InChI=1S/C18H24N4OS.HI/c1-12(23-2)17-21-14(11-24-17)10-20-18(19)22-16-9-5-7-13-6-3-4-8-15(13)16;/h5,7,9,11-12H,3-4,6,8,10H2,1-2H3,(H3,19,20,22);1H. The quantitative estimate of drug-likeness (QED) is 0.387. The summed E-state index contributed by atoms with van der Waals surface area (Å²) in [6, 6.07) is 6.37. The van der Waals surface area contributed by atoms with E-state index in [4.69, 9.17) is 10.5 Å². The number of nitrogens with two attached hydrogens (primary N) is 1. The zero-order chi connectivity index (χ0) is 16.9. The van der Waals surface area contributed by atoms with Crippen molar-refractivity contribution in [1.29, 1.82) is 0 Å². The first-order valence-electron chi connectivity index (χ1n) is 8.32. The van der Waals surface area contributed by atoms with Crippen molar-refractivity contribution >= 4 is 47.0 Å². The first-order valence-corrected chi connectivity index (χ1v) is 9.20. The number of thiazole rings is 1. The lowest BCUT2D eigenvalue weighted by molar-refractivity contribution is 0.119. The average molecular weight is 472 g/mol. The summed E-state index contributed by atoms with van der Waals surface area (Å²) in [5.41, 5.74) is 10.9. The van der Waals surface area contributed by atoms with Gasteiger partial charge < -0.3 is 15.8 Å². The SMILES string of the molecule is COC(C)c1nc(CN=C(N)Nc2cccc3c2CCCC3)cs1.I. The van der Waals surface area contributed by atoms with Gasteiger partial charge in [0, 0.05) is 18.2 Å². The Morgan fingerprint density at radius 3 is 3.00 bits per heavy atom. The third-order valence-corrected chi connectivity index (χ3v) is 5.40. The van der Waals surface area contributed by atoms with Crippen LogP contribution in [0.1, 0.15) is 47.7 Å². The summed E-state index contributed by atoms with van der Waals surface area (Å²) in [6.07, 6.45) is 4.78. The Kier molecular flexibility index (Phi) is 7.64. The number of aliphatic imine (C=N–C) groups is 1. The summed E-state index contributed by atoms with van der Waals surface area (Å²) in [5.74, 6) is 0.434. The first-order chi connectivity index (χ1) is 11.7. The molecule has 1 atom stereocenters. The number of nitrogens with one attached hydrogen (secondary N) is 1. The number of benzene rings is 1. The molecule has 25 heavy (non-hydrogen) atoms. The number of halogens is 1. The highest BCUT2D eigenvalue weighted by Gasteiger charge is 2.13. The van der Waals surface area contributed by atoms with Gasteiger partial charge in [0.25, 0.3) is 0 Å². The van der Waals surface area contributed by atoms with Gasteiger partial charge in [-0.3, -0.25) is 0 Å². The number of fused-ring (bicyclic) bond motifs is 1. The Labute approximate surface area is 170 Å². The van der Waals surface area contributed by atoms with Crippen molar-refractivity contribution in [2.75, 3.05) is 12.4 Å². The third-order valence-electron chi connectivity index (χ3n) is 4.34. The molecule has 3 rings (SSSR count). The van der Waals surface area contributed by atoms with E-state index in [0.717, 1.165) is 29.2 Å². The van der Waals surface area contributed by atoms with Crippen molar-refractivity contribution in [3.8, 4) is 0 Å².